The predicted molar refractivity (Wildman–Crippen MR) is 61.6 cm³/mol. The largest absolute Gasteiger partial charge is 0.313 e. The Hall–Kier alpha value is -2.08. The van der Waals surface area contributed by atoms with Crippen molar-refractivity contribution in [2.24, 2.45) is 0 Å². The van der Waals surface area contributed by atoms with Crippen LogP contribution in [0.15, 0.2) is 30.3 Å². The van der Waals surface area contributed by atoms with Crippen molar-refractivity contribution in [2.75, 3.05) is 13.6 Å². The van der Waals surface area contributed by atoms with Gasteiger partial charge in [0.2, 0.25) is 11.6 Å². The number of Topliss-reactive ketones (excluding diaryl/α,β-unsaturated/α-hetero) is 1. The highest BCUT2D eigenvalue weighted by Crippen LogP contribution is 2.00. The third-order valence-corrected chi connectivity index (χ3v) is 2.21. The summed E-state index contributed by atoms with van der Waals surface area (Å²) in [6.45, 7) is 0.734. The predicted octanol–water partition coefficient (Wildman–Crippen LogP) is 0.123. The van der Waals surface area contributed by atoms with E-state index in [1.807, 2.05) is 30.3 Å². The van der Waals surface area contributed by atoms with Gasteiger partial charge in [-0.05, 0) is 17.8 Å². The second-order valence-electron chi connectivity index (χ2n) is 3.58. The summed E-state index contributed by atoms with van der Waals surface area (Å²) < 4.78 is 0. The summed E-state index contributed by atoms with van der Waals surface area (Å²) in [5, 5.41) is 14.4. The number of nitrogens with one attached hydrogen (secondary N) is 1. The zero-order valence-electron chi connectivity index (χ0n) is 9.50. The van der Waals surface area contributed by atoms with Crippen LogP contribution in [0.3, 0.4) is 0 Å². The van der Waals surface area contributed by atoms with Crippen molar-refractivity contribution < 1.29 is 4.79 Å². The zero-order valence-corrected chi connectivity index (χ0v) is 9.50. The molecule has 0 saturated carbocycles. The van der Waals surface area contributed by atoms with Gasteiger partial charge >= 0.3 is 0 Å². The molecule has 1 N–H and O–H groups in total. The molecule has 1 heterocycles. The highest BCUT2D eigenvalue weighted by atomic mass is 16.1. The molecule has 0 radical (unpaired) electrons. The molecule has 0 bridgehead atoms. The molecule has 88 valence electrons. The number of nitrogens with zero attached hydrogens (tertiary/aromatic N) is 4. The Balaban J connectivity index is 2.06. The van der Waals surface area contributed by atoms with Crippen molar-refractivity contribution in [3.8, 4) is 0 Å². The number of likely N-dealkylation sites (N-methyl/N-ethyl adjacent to an activating group) is 1. The Morgan fingerprint density at radius 1 is 1.35 bits per heavy atom. The van der Waals surface area contributed by atoms with Crippen molar-refractivity contribution >= 4 is 5.78 Å². The van der Waals surface area contributed by atoms with Gasteiger partial charge in [-0.25, -0.2) is 0 Å². The minimum Gasteiger partial charge on any atom is -0.313 e. The molecule has 1 aromatic carbocycles. The van der Waals surface area contributed by atoms with Gasteiger partial charge in [0.1, 0.15) is 0 Å². The number of tetrazole rings is 1. The molecular weight excluding hydrogens is 218 g/mol. The lowest BCUT2D eigenvalue weighted by atomic mass is 10.2. The van der Waals surface area contributed by atoms with Gasteiger partial charge in [-0.3, -0.25) is 4.79 Å². The standard InChI is InChI=1S/C11H13N5O/c1-12-7-10(17)11-13-15-16(14-11)8-9-5-3-2-4-6-9/h2-6,12H,7-8H2,1H3. The van der Waals surface area contributed by atoms with E-state index in [0.29, 0.717) is 6.54 Å². The van der Waals surface area contributed by atoms with Crippen LogP contribution in [0.5, 0.6) is 0 Å². The molecule has 0 aliphatic heterocycles. The molecule has 0 aliphatic carbocycles. The number of aromatic nitrogens is 4. The minimum absolute atomic E-state index is 0.148. The average Bonchev–Trinajstić information content (AvgIpc) is 2.79. The molecule has 2 aromatic rings. The molecule has 6 nitrogen and oxygen atoms in total. The molecule has 0 spiro atoms. The second-order valence-corrected chi connectivity index (χ2v) is 3.58. The van der Waals surface area contributed by atoms with Gasteiger partial charge in [0.25, 0.3) is 0 Å². The lowest BCUT2D eigenvalue weighted by Crippen LogP contribution is -2.20. The summed E-state index contributed by atoms with van der Waals surface area (Å²) in [6, 6.07) is 9.77. The molecule has 0 saturated heterocycles. The van der Waals surface area contributed by atoms with Crippen LogP contribution in [0.4, 0.5) is 0 Å². The van der Waals surface area contributed by atoms with E-state index < -0.39 is 0 Å². The Morgan fingerprint density at radius 2 is 2.12 bits per heavy atom. The maximum absolute atomic E-state index is 11.5. The van der Waals surface area contributed by atoms with E-state index in [4.69, 9.17) is 0 Å². The third kappa shape index (κ3) is 2.94. The Labute approximate surface area is 98.6 Å². The van der Waals surface area contributed by atoms with Crippen LogP contribution in [0.1, 0.15) is 16.2 Å². The number of ketones is 1. The molecule has 0 fully saturated rings. The van der Waals surface area contributed by atoms with E-state index in [1.165, 1.54) is 4.80 Å². The smallest absolute Gasteiger partial charge is 0.241 e. The normalized spacial score (nSPS) is 10.4. The molecule has 0 amide bonds. The van der Waals surface area contributed by atoms with Crippen LogP contribution in [0.2, 0.25) is 0 Å². The van der Waals surface area contributed by atoms with Gasteiger partial charge in [0.15, 0.2) is 0 Å². The molecule has 0 unspecified atom stereocenters. The number of carbonyl (C=O) groups excluding carboxylic acids is 1. The summed E-state index contributed by atoms with van der Waals surface area (Å²) >= 11 is 0. The molecule has 0 atom stereocenters. The number of benzene rings is 1. The van der Waals surface area contributed by atoms with Gasteiger partial charge < -0.3 is 5.32 Å². The molecule has 17 heavy (non-hydrogen) atoms. The first-order valence-electron chi connectivity index (χ1n) is 5.29. The summed E-state index contributed by atoms with van der Waals surface area (Å²) in [5.41, 5.74) is 1.07. The lowest BCUT2D eigenvalue weighted by molar-refractivity contribution is 0.0983. The van der Waals surface area contributed by atoms with E-state index in [0.717, 1.165) is 5.56 Å². The Kier molecular flexibility index (Phi) is 3.56. The van der Waals surface area contributed by atoms with Crippen molar-refractivity contribution in [1.82, 2.24) is 25.5 Å². The van der Waals surface area contributed by atoms with Crippen LogP contribution in [-0.2, 0) is 6.54 Å². The fourth-order valence-corrected chi connectivity index (χ4v) is 1.41. The first-order chi connectivity index (χ1) is 8.29. The van der Waals surface area contributed by atoms with E-state index >= 15 is 0 Å². The zero-order chi connectivity index (χ0) is 12.1. The number of hydrogen-bond donors (Lipinski definition) is 1. The van der Waals surface area contributed by atoms with Crippen LogP contribution >= 0.6 is 0 Å². The fraction of sp³-hybridized carbons (Fsp3) is 0.273. The van der Waals surface area contributed by atoms with Crippen LogP contribution < -0.4 is 5.32 Å². The maximum atomic E-state index is 11.5. The first-order valence-corrected chi connectivity index (χ1v) is 5.29. The van der Waals surface area contributed by atoms with Gasteiger partial charge in [0.05, 0.1) is 13.1 Å². The van der Waals surface area contributed by atoms with Gasteiger partial charge in [0, 0.05) is 0 Å². The Bertz CT molecular complexity index is 494. The fourth-order valence-electron chi connectivity index (χ4n) is 1.41. The van der Waals surface area contributed by atoms with Crippen molar-refractivity contribution in [3.63, 3.8) is 0 Å². The highest BCUT2D eigenvalue weighted by Gasteiger charge is 2.11. The van der Waals surface area contributed by atoms with Crippen LogP contribution in [0, 0.1) is 0 Å². The first kappa shape index (κ1) is 11.4. The van der Waals surface area contributed by atoms with Crippen molar-refractivity contribution in [2.45, 2.75) is 6.54 Å². The van der Waals surface area contributed by atoms with Gasteiger partial charge in [-0.1, -0.05) is 30.3 Å². The maximum Gasteiger partial charge on any atom is 0.241 e. The van der Waals surface area contributed by atoms with E-state index in [2.05, 4.69) is 20.7 Å². The van der Waals surface area contributed by atoms with Crippen molar-refractivity contribution in [3.05, 3.63) is 41.7 Å². The number of carbonyl (C=O) groups is 1. The van der Waals surface area contributed by atoms with Crippen molar-refractivity contribution in [1.29, 1.82) is 0 Å². The molecule has 6 heteroatoms. The van der Waals surface area contributed by atoms with E-state index in [1.54, 1.807) is 7.05 Å². The third-order valence-electron chi connectivity index (χ3n) is 2.21. The SMILES string of the molecule is CNCC(=O)c1nnn(Cc2ccccc2)n1. The van der Waals surface area contributed by atoms with E-state index in [9.17, 15) is 4.79 Å². The summed E-state index contributed by atoms with van der Waals surface area (Å²) in [4.78, 5) is 12.9. The monoisotopic (exact) mass is 231 g/mol. The Morgan fingerprint density at radius 3 is 2.82 bits per heavy atom. The molecule has 0 aliphatic rings. The highest BCUT2D eigenvalue weighted by molar-refractivity contribution is 5.93. The topological polar surface area (TPSA) is 72.7 Å². The average molecular weight is 231 g/mol. The molecular formula is C11H13N5O. The quantitative estimate of drug-likeness (QED) is 0.740. The number of rotatable bonds is 5. The number of hydrogen-bond acceptors (Lipinski definition) is 5. The van der Waals surface area contributed by atoms with Crippen LogP contribution in [-0.4, -0.2) is 39.6 Å². The summed E-state index contributed by atoms with van der Waals surface area (Å²) in [7, 11) is 1.70. The molecule has 1 aromatic heterocycles. The van der Waals surface area contributed by atoms with Gasteiger partial charge in [-0.15, -0.1) is 10.2 Å². The van der Waals surface area contributed by atoms with E-state index in [-0.39, 0.29) is 18.2 Å². The van der Waals surface area contributed by atoms with Crippen LogP contribution in [0.25, 0.3) is 0 Å². The second kappa shape index (κ2) is 5.31. The van der Waals surface area contributed by atoms with Gasteiger partial charge in [-0.2, -0.15) is 4.80 Å². The minimum atomic E-state index is -0.160. The lowest BCUT2D eigenvalue weighted by Gasteiger charge is -1.97. The summed E-state index contributed by atoms with van der Waals surface area (Å²) in [5.74, 6) is -0.0120. The molecule has 2 rings (SSSR count). The summed E-state index contributed by atoms with van der Waals surface area (Å²) in [6.07, 6.45) is 0.